The van der Waals surface area contributed by atoms with Crippen molar-refractivity contribution in [2.75, 3.05) is 13.7 Å². The van der Waals surface area contributed by atoms with E-state index in [9.17, 15) is 4.79 Å². The van der Waals surface area contributed by atoms with Crippen LogP contribution in [0.25, 0.3) is 10.8 Å². The molecule has 0 saturated heterocycles. The number of methoxy groups -OCH3 is 1. The smallest absolute Gasteiger partial charge is 0.248 e. The molecule has 4 nitrogen and oxygen atoms in total. The number of ether oxygens (including phenoxy) is 2. The molecular formula is C15H19NO3. The second kappa shape index (κ2) is 5.78. The van der Waals surface area contributed by atoms with Crippen molar-refractivity contribution in [3.05, 3.63) is 34.2 Å². The topological polar surface area (TPSA) is 51.3 Å². The van der Waals surface area contributed by atoms with Crippen LogP contribution in [0.1, 0.15) is 25.5 Å². The third-order valence-corrected chi connectivity index (χ3v) is 3.09. The Bertz CT molecular complexity index is 631. The number of hydrogen-bond donors (Lipinski definition) is 1. The number of pyridine rings is 1. The highest BCUT2D eigenvalue weighted by atomic mass is 16.5. The summed E-state index contributed by atoms with van der Waals surface area (Å²) >= 11 is 0. The summed E-state index contributed by atoms with van der Waals surface area (Å²) in [6.07, 6.45) is 2.09. The number of hydrogen-bond acceptors (Lipinski definition) is 3. The Morgan fingerprint density at radius 3 is 2.68 bits per heavy atom. The molecule has 4 heteroatoms. The van der Waals surface area contributed by atoms with E-state index in [4.69, 9.17) is 9.47 Å². The lowest BCUT2D eigenvalue weighted by molar-refractivity contribution is 0.289. The molecule has 0 bridgehead atoms. The van der Waals surface area contributed by atoms with Crippen LogP contribution in [0.5, 0.6) is 11.5 Å². The predicted molar refractivity (Wildman–Crippen MR) is 76.3 cm³/mol. The van der Waals surface area contributed by atoms with Gasteiger partial charge in [0, 0.05) is 17.1 Å². The first-order valence-corrected chi connectivity index (χ1v) is 6.50. The molecule has 0 aliphatic rings. The number of nitrogens with one attached hydrogen (secondary N) is 1. The minimum absolute atomic E-state index is 0.105. The van der Waals surface area contributed by atoms with E-state index < -0.39 is 0 Å². The molecule has 0 aliphatic heterocycles. The van der Waals surface area contributed by atoms with Crippen LogP contribution in [0.4, 0.5) is 0 Å². The SMILES string of the molecule is CCCCOc1cc2c(C)[nH]c(=O)cc2cc1OC. The highest BCUT2D eigenvalue weighted by Gasteiger charge is 2.09. The lowest BCUT2D eigenvalue weighted by Crippen LogP contribution is -2.06. The normalized spacial score (nSPS) is 10.7. The first kappa shape index (κ1) is 13.5. The van der Waals surface area contributed by atoms with Gasteiger partial charge in [-0.1, -0.05) is 13.3 Å². The number of aromatic amines is 1. The van der Waals surface area contributed by atoms with Crippen molar-refractivity contribution in [1.82, 2.24) is 4.98 Å². The van der Waals surface area contributed by atoms with Gasteiger partial charge in [-0.15, -0.1) is 0 Å². The first-order valence-electron chi connectivity index (χ1n) is 6.50. The van der Waals surface area contributed by atoms with Crippen LogP contribution < -0.4 is 15.0 Å². The molecule has 0 fully saturated rings. The standard InChI is InChI=1S/C15H19NO3/c1-4-5-6-19-14-9-12-10(2)16-15(17)8-11(12)7-13(14)18-3/h7-9H,4-6H2,1-3H3,(H,16,17). The Morgan fingerprint density at radius 1 is 1.21 bits per heavy atom. The maximum Gasteiger partial charge on any atom is 0.248 e. The summed E-state index contributed by atoms with van der Waals surface area (Å²) in [7, 11) is 1.61. The van der Waals surface area contributed by atoms with Crippen molar-refractivity contribution in [2.45, 2.75) is 26.7 Å². The third-order valence-electron chi connectivity index (χ3n) is 3.09. The summed E-state index contributed by atoms with van der Waals surface area (Å²) < 4.78 is 11.1. The van der Waals surface area contributed by atoms with Gasteiger partial charge in [0.1, 0.15) is 0 Å². The zero-order chi connectivity index (χ0) is 13.8. The molecule has 19 heavy (non-hydrogen) atoms. The Hall–Kier alpha value is -1.97. The van der Waals surface area contributed by atoms with Gasteiger partial charge in [-0.3, -0.25) is 4.79 Å². The quantitative estimate of drug-likeness (QED) is 0.842. The molecule has 102 valence electrons. The average molecular weight is 261 g/mol. The molecule has 1 N–H and O–H groups in total. The Kier molecular flexibility index (Phi) is 4.10. The summed E-state index contributed by atoms with van der Waals surface area (Å²) in [5.41, 5.74) is 0.734. The summed E-state index contributed by atoms with van der Waals surface area (Å²) in [5, 5.41) is 1.84. The van der Waals surface area contributed by atoms with Gasteiger partial charge in [-0.25, -0.2) is 0 Å². The minimum atomic E-state index is -0.105. The number of unbranched alkanes of at least 4 members (excludes halogenated alkanes) is 1. The van der Waals surface area contributed by atoms with Gasteiger partial charge in [0.05, 0.1) is 13.7 Å². The van der Waals surface area contributed by atoms with Gasteiger partial charge < -0.3 is 14.5 Å². The monoisotopic (exact) mass is 261 g/mol. The van der Waals surface area contributed by atoms with Crippen molar-refractivity contribution in [3.8, 4) is 11.5 Å². The van der Waals surface area contributed by atoms with Crippen LogP contribution in [0.3, 0.4) is 0 Å². The number of H-pyrrole nitrogens is 1. The molecule has 1 aromatic carbocycles. The molecule has 0 unspecified atom stereocenters. The first-order chi connectivity index (χ1) is 9.15. The fraction of sp³-hybridized carbons (Fsp3) is 0.400. The van der Waals surface area contributed by atoms with Gasteiger partial charge >= 0.3 is 0 Å². The van der Waals surface area contributed by atoms with Crippen molar-refractivity contribution in [2.24, 2.45) is 0 Å². The number of fused-ring (bicyclic) bond motifs is 1. The van der Waals surface area contributed by atoms with Gasteiger partial charge in [-0.05, 0) is 30.9 Å². The van der Waals surface area contributed by atoms with E-state index in [1.54, 1.807) is 13.2 Å². The highest BCUT2D eigenvalue weighted by Crippen LogP contribution is 2.32. The lowest BCUT2D eigenvalue weighted by atomic mass is 10.1. The molecule has 0 radical (unpaired) electrons. The third kappa shape index (κ3) is 2.89. The van der Waals surface area contributed by atoms with E-state index >= 15 is 0 Å². The molecule has 0 saturated carbocycles. The molecule has 2 aromatic rings. The van der Waals surface area contributed by atoms with Gasteiger partial charge in [0.15, 0.2) is 11.5 Å². The molecule has 1 aromatic heterocycles. The summed E-state index contributed by atoms with van der Waals surface area (Å²) in [4.78, 5) is 14.3. The average Bonchev–Trinajstić information content (AvgIpc) is 2.38. The van der Waals surface area contributed by atoms with Crippen molar-refractivity contribution in [1.29, 1.82) is 0 Å². The van der Waals surface area contributed by atoms with Crippen molar-refractivity contribution in [3.63, 3.8) is 0 Å². The lowest BCUT2D eigenvalue weighted by Gasteiger charge is -2.12. The Morgan fingerprint density at radius 2 is 2.00 bits per heavy atom. The number of rotatable bonds is 5. The predicted octanol–water partition coefficient (Wildman–Crippen LogP) is 3.02. The van der Waals surface area contributed by atoms with E-state index in [0.29, 0.717) is 12.4 Å². The van der Waals surface area contributed by atoms with Crippen molar-refractivity contribution >= 4 is 10.8 Å². The zero-order valence-electron chi connectivity index (χ0n) is 11.6. The molecule has 0 aliphatic carbocycles. The molecule has 0 spiro atoms. The zero-order valence-corrected chi connectivity index (χ0v) is 11.6. The molecule has 1 heterocycles. The summed E-state index contributed by atoms with van der Waals surface area (Å²) in [6, 6.07) is 5.34. The van der Waals surface area contributed by atoms with Gasteiger partial charge in [0.2, 0.25) is 5.56 Å². The maximum atomic E-state index is 11.5. The van der Waals surface area contributed by atoms with Crippen LogP contribution in [-0.4, -0.2) is 18.7 Å². The van der Waals surface area contributed by atoms with E-state index in [0.717, 1.165) is 35.1 Å². The second-order valence-electron chi connectivity index (χ2n) is 4.55. The fourth-order valence-corrected chi connectivity index (χ4v) is 2.05. The Labute approximate surface area is 112 Å². The van der Waals surface area contributed by atoms with Gasteiger partial charge in [-0.2, -0.15) is 0 Å². The van der Waals surface area contributed by atoms with Crippen LogP contribution in [0, 0.1) is 6.92 Å². The van der Waals surface area contributed by atoms with Crippen LogP contribution in [0.2, 0.25) is 0 Å². The minimum Gasteiger partial charge on any atom is -0.493 e. The van der Waals surface area contributed by atoms with Crippen molar-refractivity contribution < 1.29 is 9.47 Å². The number of aryl methyl sites for hydroxylation is 1. The van der Waals surface area contributed by atoms with E-state index in [2.05, 4.69) is 11.9 Å². The molecule has 0 amide bonds. The highest BCUT2D eigenvalue weighted by molar-refractivity contribution is 5.87. The fourth-order valence-electron chi connectivity index (χ4n) is 2.05. The Balaban J connectivity index is 2.48. The number of aromatic nitrogens is 1. The van der Waals surface area contributed by atoms with E-state index in [1.807, 2.05) is 19.1 Å². The van der Waals surface area contributed by atoms with Crippen LogP contribution >= 0.6 is 0 Å². The summed E-state index contributed by atoms with van der Waals surface area (Å²) in [5.74, 6) is 1.38. The molecule has 2 rings (SSSR count). The maximum absolute atomic E-state index is 11.5. The molecule has 0 atom stereocenters. The van der Waals surface area contributed by atoms with E-state index in [1.165, 1.54) is 0 Å². The van der Waals surface area contributed by atoms with Crippen LogP contribution in [0.15, 0.2) is 23.0 Å². The molecular weight excluding hydrogens is 242 g/mol. The van der Waals surface area contributed by atoms with Crippen LogP contribution in [-0.2, 0) is 0 Å². The van der Waals surface area contributed by atoms with Gasteiger partial charge in [0.25, 0.3) is 0 Å². The second-order valence-corrected chi connectivity index (χ2v) is 4.55. The number of benzene rings is 1. The summed E-state index contributed by atoms with van der Waals surface area (Å²) in [6.45, 7) is 4.67. The van der Waals surface area contributed by atoms with E-state index in [-0.39, 0.29) is 5.56 Å². The largest absolute Gasteiger partial charge is 0.493 e.